The predicted molar refractivity (Wildman–Crippen MR) is 167 cm³/mol. The molecule has 0 aliphatic heterocycles. The molecular formula is C33H27FN6S. The highest BCUT2D eigenvalue weighted by Crippen LogP contribution is 2.35. The van der Waals surface area contributed by atoms with Gasteiger partial charge in [-0.05, 0) is 73.5 Å². The summed E-state index contributed by atoms with van der Waals surface area (Å²) in [5, 5.41) is 11.8. The third-order valence-electron chi connectivity index (χ3n) is 6.82. The van der Waals surface area contributed by atoms with Gasteiger partial charge in [0.05, 0.1) is 16.9 Å². The third kappa shape index (κ3) is 5.13. The second-order valence-electron chi connectivity index (χ2n) is 9.31. The van der Waals surface area contributed by atoms with E-state index >= 15 is 0 Å². The van der Waals surface area contributed by atoms with E-state index in [0.29, 0.717) is 11.3 Å². The number of H-pyrrole nitrogens is 2. The van der Waals surface area contributed by atoms with Crippen LogP contribution in [0.3, 0.4) is 0 Å². The summed E-state index contributed by atoms with van der Waals surface area (Å²) < 4.78 is 13.8. The van der Waals surface area contributed by atoms with Crippen molar-refractivity contribution in [2.75, 3.05) is 0 Å². The van der Waals surface area contributed by atoms with Crippen LogP contribution < -0.4 is 5.32 Å². The van der Waals surface area contributed by atoms with Crippen LogP contribution in [-0.2, 0) is 0 Å². The maximum Gasteiger partial charge on any atom is 0.176 e. The number of halogens is 1. The first-order chi connectivity index (χ1) is 20.1. The van der Waals surface area contributed by atoms with Gasteiger partial charge in [-0.25, -0.2) is 9.97 Å². The fourth-order valence-electron chi connectivity index (χ4n) is 4.78. The lowest BCUT2D eigenvalue weighted by Crippen LogP contribution is -2.10. The lowest BCUT2D eigenvalue weighted by Gasteiger charge is -2.13. The minimum atomic E-state index is -0.221. The Morgan fingerprint density at radius 2 is 1.88 bits per heavy atom. The average Bonchev–Trinajstić information content (AvgIpc) is 3.75. The van der Waals surface area contributed by atoms with Gasteiger partial charge in [-0.3, -0.25) is 5.10 Å². The van der Waals surface area contributed by atoms with Gasteiger partial charge in [0, 0.05) is 33.4 Å². The van der Waals surface area contributed by atoms with Crippen molar-refractivity contribution in [2.45, 2.75) is 13.8 Å². The first-order valence-electron chi connectivity index (χ1n) is 13.2. The minimum Gasteiger partial charge on any atom is -0.355 e. The van der Waals surface area contributed by atoms with Crippen molar-refractivity contribution in [1.29, 1.82) is 0 Å². The molecule has 5 aromatic heterocycles. The number of benzene rings is 1. The highest BCUT2D eigenvalue weighted by atomic mass is 32.1. The van der Waals surface area contributed by atoms with Crippen LogP contribution in [0, 0.1) is 5.13 Å². The number of pyridine rings is 2. The zero-order valence-corrected chi connectivity index (χ0v) is 23.4. The molecule has 0 atom stereocenters. The van der Waals surface area contributed by atoms with Gasteiger partial charge in [0.25, 0.3) is 0 Å². The van der Waals surface area contributed by atoms with Gasteiger partial charge in [-0.1, -0.05) is 49.1 Å². The fourth-order valence-corrected chi connectivity index (χ4v) is 5.55. The van der Waals surface area contributed by atoms with Gasteiger partial charge < -0.3 is 10.3 Å². The van der Waals surface area contributed by atoms with Gasteiger partial charge in [0.15, 0.2) is 5.13 Å². The number of allylic oxidation sites excluding steroid dienone is 5. The molecule has 0 aliphatic carbocycles. The smallest absolute Gasteiger partial charge is 0.176 e. The van der Waals surface area contributed by atoms with Crippen LogP contribution in [-0.4, -0.2) is 25.1 Å². The second kappa shape index (κ2) is 11.2. The quantitative estimate of drug-likeness (QED) is 0.164. The molecule has 0 fully saturated rings. The SMILES string of the molecule is C=C/C(=C\C(=C/C)c1ccc2[nH]nc(-c3cc4c(-c5ccc(F)s5)ccnc4[nH]3)c2n1)N/C(=C\C)c1ccccc1. The van der Waals surface area contributed by atoms with Gasteiger partial charge in [-0.15, -0.1) is 11.3 Å². The summed E-state index contributed by atoms with van der Waals surface area (Å²) in [5.41, 5.74) is 9.30. The van der Waals surface area contributed by atoms with E-state index in [-0.39, 0.29) is 5.13 Å². The summed E-state index contributed by atoms with van der Waals surface area (Å²) in [4.78, 5) is 13.7. The van der Waals surface area contributed by atoms with Crippen molar-refractivity contribution >= 4 is 44.7 Å². The molecule has 1 aromatic carbocycles. The number of aromatic nitrogens is 5. The number of hydrogen-bond acceptors (Lipinski definition) is 5. The topological polar surface area (TPSA) is 82.3 Å². The highest BCUT2D eigenvalue weighted by Gasteiger charge is 2.17. The van der Waals surface area contributed by atoms with Crippen molar-refractivity contribution in [3.8, 4) is 21.8 Å². The number of hydrogen-bond donors (Lipinski definition) is 3. The highest BCUT2D eigenvalue weighted by molar-refractivity contribution is 7.14. The first kappa shape index (κ1) is 26.2. The number of nitrogens with zero attached hydrogens (tertiary/aromatic N) is 3. The van der Waals surface area contributed by atoms with Crippen LogP contribution >= 0.6 is 11.3 Å². The van der Waals surface area contributed by atoms with Gasteiger partial charge in [0.2, 0.25) is 0 Å². The van der Waals surface area contributed by atoms with E-state index in [1.165, 1.54) is 6.07 Å². The molecule has 202 valence electrons. The Morgan fingerprint density at radius 1 is 1.02 bits per heavy atom. The van der Waals surface area contributed by atoms with Crippen molar-refractivity contribution in [2.24, 2.45) is 0 Å². The maximum atomic E-state index is 13.8. The van der Waals surface area contributed by atoms with E-state index in [1.807, 2.05) is 74.5 Å². The molecule has 0 spiro atoms. The largest absolute Gasteiger partial charge is 0.355 e. The standard InChI is InChI=1S/C33H27FN6S/c1-4-20(18-22(5-2)36-25(6-3)21-10-8-7-9-11-21)26-12-13-27-31(37-26)32(40-39-27)28-19-24-23(16-17-35-33(24)38-28)29-14-15-30(34)41-29/h4-19,36H,2H2,1,3H3,(H,35,38)(H,39,40)/b20-4+,22-18+,25-6-. The van der Waals surface area contributed by atoms with E-state index in [4.69, 9.17) is 4.98 Å². The molecule has 6 rings (SSSR count). The Hall–Kier alpha value is -5.08. The molecule has 0 unspecified atom stereocenters. The maximum absolute atomic E-state index is 13.8. The Morgan fingerprint density at radius 3 is 2.61 bits per heavy atom. The van der Waals surface area contributed by atoms with Crippen LogP contribution in [0.1, 0.15) is 25.1 Å². The predicted octanol–water partition coefficient (Wildman–Crippen LogP) is 8.49. The molecular weight excluding hydrogens is 531 g/mol. The van der Waals surface area contributed by atoms with Crippen molar-refractivity contribution in [3.05, 3.63) is 126 Å². The molecule has 0 bridgehead atoms. The number of nitrogens with one attached hydrogen (secondary N) is 3. The van der Waals surface area contributed by atoms with Crippen LogP contribution in [0.15, 0.2) is 110 Å². The van der Waals surface area contributed by atoms with E-state index in [2.05, 4.69) is 44.2 Å². The zero-order valence-electron chi connectivity index (χ0n) is 22.6. The molecule has 5 heterocycles. The fraction of sp³-hybridized carbons (Fsp3) is 0.0606. The van der Waals surface area contributed by atoms with Crippen molar-refractivity contribution < 1.29 is 4.39 Å². The molecule has 6 nitrogen and oxygen atoms in total. The minimum absolute atomic E-state index is 0.221. The molecule has 6 aromatic rings. The molecule has 0 saturated heterocycles. The summed E-state index contributed by atoms with van der Waals surface area (Å²) in [7, 11) is 0. The first-order valence-corrected chi connectivity index (χ1v) is 14.0. The lowest BCUT2D eigenvalue weighted by molar-refractivity contribution is 0.657. The zero-order chi connectivity index (χ0) is 28.3. The van der Waals surface area contributed by atoms with Crippen LogP contribution in [0.25, 0.3) is 55.2 Å². The molecule has 41 heavy (non-hydrogen) atoms. The number of rotatable bonds is 8. The number of thiophene rings is 1. The summed E-state index contributed by atoms with van der Waals surface area (Å²) >= 11 is 1.11. The van der Waals surface area contributed by atoms with Gasteiger partial charge >= 0.3 is 0 Å². The Bertz CT molecular complexity index is 1970. The van der Waals surface area contributed by atoms with Crippen LogP contribution in [0.2, 0.25) is 0 Å². The monoisotopic (exact) mass is 558 g/mol. The third-order valence-corrected chi connectivity index (χ3v) is 7.73. The average molecular weight is 559 g/mol. The number of fused-ring (bicyclic) bond motifs is 2. The molecule has 0 saturated carbocycles. The summed E-state index contributed by atoms with van der Waals surface area (Å²) in [6.45, 7) is 8.01. The Kier molecular flexibility index (Phi) is 7.14. The molecule has 0 radical (unpaired) electrons. The van der Waals surface area contributed by atoms with Gasteiger partial charge in [-0.2, -0.15) is 9.49 Å². The second-order valence-corrected chi connectivity index (χ2v) is 10.3. The molecule has 3 N–H and O–H groups in total. The van der Waals surface area contributed by atoms with Crippen LogP contribution in [0.5, 0.6) is 0 Å². The number of aromatic amines is 2. The van der Waals surface area contributed by atoms with E-state index < -0.39 is 0 Å². The molecule has 0 aliphatic rings. The summed E-state index contributed by atoms with van der Waals surface area (Å²) in [6.07, 6.45) is 9.62. The molecule has 0 amide bonds. The normalized spacial score (nSPS) is 12.8. The lowest BCUT2D eigenvalue weighted by atomic mass is 10.1. The van der Waals surface area contributed by atoms with Crippen molar-refractivity contribution in [1.82, 2.24) is 30.5 Å². The van der Waals surface area contributed by atoms with E-state index in [0.717, 1.165) is 72.1 Å². The van der Waals surface area contributed by atoms with E-state index in [1.54, 1.807) is 18.3 Å². The molecule has 8 heteroatoms. The summed E-state index contributed by atoms with van der Waals surface area (Å²) in [6, 6.07) is 21.3. The van der Waals surface area contributed by atoms with Gasteiger partial charge in [0.1, 0.15) is 16.9 Å². The van der Waals surface area contributed by atoms with Crippen molar-refractivity contribution in [3.63, 3.8) is 0 Å². The van der Waals surface area contributed by atoms with E-state index in [9.17, 15) is 4.39 Å². The summed E-state index contributed by atoms with van der Waals surface area (Å²) in [5.74, 6) is 0. The van der Waals surface area contributed by atoms with Crippen LogP contribution in [0.4, 0.5) is 4.39 Å². The Balaban J connectivity index is 1.36. The Labute approximate surface area is 240 Å².